The summed E-state index contributed by atoms with van der Waals surface area (Å²) in [7, 11) is 0. The Kier molecular flexibility index (Phi) is 5.61. The number of hydrogen-bond acceptors (Lipinski definition) is 5. The number of aromatic amines is 3. The molecule has 3 heterocycles. The Balaban J connectivity index is 1.35. The smallest absolute Gasteiger partial charge is 0.326 e. The van der Waals surface area contributed by atoms with Gasteiger partial charge in [-0.2, -0.15) is 0 Å². The van der Waals surface area contributed by atoms with Gasteiger partial charge in [-0.1, -0.05) is 6.07 Å². The van der Waals surface area contributed by atoms with Crippen molar-refractivity contribution in [2.45, 2.75) is 6.42 Å². The lowest BCUT2D eigenvalue weighted by atomic mass is 10.1. The summed E-state index contributed by atoms with van der Waals surface area (Å²) in [5.41, 5.74) is 0.650. The van der Waals surface area contributed by atoms with Gasteiger partial charge in [-0.3, -0.25) is 19.6 Å². The van der Waals surface area contributed by atoms with Gasteiger partial charge in [0.25, 0.3) is 11.5 Å². The van der Waals surface area contributed by atoms with E-state index in [-0.39, 0.29) is 23.8 Å². The van der Waals surface area contributed by atoms with Crippen molar-refractivity contribution >= 4 is 16.9 Å². The van der Waals surface area contributed by atoms with Crippen LogP contribution < -0.4 is 21.3 Å². The number of rotatable bonds is 7. The molecule has 0 atom stereocenters. The maximum absolute atomic E-state index is 14.5. The maximum Gasteiger partial charge on any atom is 0.326 e. The molecule has 0 spiro atoms. The van der Waals surface area contributed by atoms with Crippen LogP contribution in [0.2, 0.25) is 0 Å². The monoisotopic (exact) mass is 423 g/mol. The molecule has 9 nitrogen and oxygen atoms in total. The van der Waals surface area contributed by atoms with Gasteiger partial charge in [-0.05, 0) is 42.8 Å². The van der Waals surface area contributed by atoms with Crippen LogP contribution in [0, 0.1) is 5.82 Å². The van der Waals surface area contributed by atoms with E-state index >= 15 is 0 Å². The van der Waals surface area contributed by atoms with Crippen LogP contribution in [0.4, 0.5) is 4.39 Å². The van der Waals surface area contributed by atoms with Gasteiger partial charge >= 0.3 is 5.69 Å². The van der Waals surface area contributed by atoms with E-state index in [1.807, 2.05) is 0 Å². The fourth-order valence-corrected chi connectivity index (χ4v) is 3.04. The van der Waals surface area contributed by atoms with Crippen LogP contribution in [0.25, 0.3) is 22.3 Å². The molecule has 0 saturated heterocycles. The lowest BCUT2D eigenvalue weighted by molar-refractivity contribution is 0.0946. The van der Waals surface area contributed by atoms with Crippen molar-refractivity contribution in [1.29, 1.82) is 0 Å². The van der Waals surface area contributed by atoms with E-state index < -0.39 is 17.1 Å². The molecule has 0 radical (unpaired) electrons. The largest absolute Gasteiger partial charge is 0.490 e. The molecule has 10 heteroatoms. The van der Waals surface area contributed by atoms with Crippen LogP contribution in [-0.4, -0.2) is 39.0 Å². The van der Waals surface area contributed by atoms with Crippen LogP contribution in [-0.2, 0) is 0 Å². The second-order valence-electron chi connectivity index (χ2n) is 6.70. The Morgan fingerprint density at radius 1 is 1.10 bits per heavy atom. The quantitative estimate of drug-likeness (QED) is 0.337. The number of H-pyrrole nitrogens is 3. The molecule has 0 aliphatic carbocycles. The van der Waals surface area contributed by atoms with Gasteiger partial charge in [0.05, 0.1) is 12.1 Å². The Morgan fingerprint density at radius 2 is 1.97 bits per heavy atom. The zero-order chi connectivity index (χ0) is 21.8. The zero-order valence-electron chi connectivity index (χ0n) is 16.2. The molecule has 31 heavy (non-hydrogen) atoms. The highest BCUT2D eigenvalue weighted by Crippen LogP contribution is 2.26. The van der Waals surface area contributed by atoms with E-state index in [0.717, 1.165) is 0 Å². The van der Waals surface area contributed by atoms with Crippen molar-refractivity contribution in [3.05, 3.63) is 81.0 Å². The lowest BCUT2D eigenvalue weighted by Crippen LogP contribution is -2.26. The van der Waals surface area contributed by atoms with Crippen LogP contribution in [0.5, 0.6) is 5.75 Å². The predicted molar refractivity (Wildman–Crippen MR) is 112 cm³/mol. The predicted octanol–water partition coefficient (Wildman–Crippen LogP) is 1.94. The summed E-state index contributed by atoms with van der Waals surface area (Å²) >= 11 is 0. The minimum Gasteiger partial charge on any atom is -0.490 e. The molecule has 0 fully saturated rings. The summed E-state index contributed by atoms with van der Waals surface area (Å²) in [6, 6.07) is 11.0. The number of carbonyl (C=O) groups is 1. The molecule has 0 bridgehead atoms. The molecule has 1 aromatic carbocycles. The first kappa shape index (κ1) is 20.1. The summed E-state index contributed by atoms with van der Waals surface area (Å²) in [4.78, 5) is 46.6. The van der Waals surface area contributed by atoms with E-state index in [1.165, 1.54) is 18.3 Å². The van der Waals surface area contributed by atoms with Crippen molar-refractivity contribution in [3.63, 3.8) is 0 Å². The Morgan fingerprint density at radius 3 is 2.74 bits per heavy atom. The Bertz CT molecular complexity index is 1340. The normalized spacial score (nSPS) is 10.9. The lowest BCUT2D eigenvalue weighted by Gasteiger charge is -2.09. The maximum atomic E-state index is 14.5. The first-order chi connectivity index (χ1) is 15.0. The first-order valence-electron chi connectivity index (χ1n) is 9.48. The van der Waals surface area contributed by atoms with Crippen molar-refractivity contribution < 1.29 is 13.9 Å². The van der Waals surface area contributed by atoms with E-state index in [2.05, 4.69) is 25.3 Å². The zero-order valence-corrected chi connectivity index (χ0v) is 16.2. The number of benzene rings is 1. The fourth-order valence-electron chi connectivity index (χ4n) is 3.04. The van der Waals surface area contributed by atoms with Gasteiger partial charge in [0.1, 0.15) is 11.2 Å². The van der Waals surface area contributed by atoms with E-state index in [4.69, 9.17) is 4.74 Å². The van der Waals surface area contributed by atoms with Crippen molar-refractivity contribution in [1.82, 2.24) is 25.3 Å². The summed E-state index contributed by atoms with van der Waals surface area (Å²) in [6.07, 6.45) is 2.02. The Hall–Kier alpha value is -4.21. The number of carbonyl (C=O) groups excluding carboxylic acids is 1. The van der Waals surface area contributed by atoms with E-state index in [1.54, 1.807) is 30.3 Å². The van der Waals surface area contributed by atoms with Crippen molar-refractivity contribution in [2.24, 2.45) is 0 Å². The number of halogens is 1. The van der Waals surface area contributed by atoms with Crippen LogP contribution in [0.1, 0.15) is 16.9 Å². The minimum absolute atomic E-state index is 0.0715. The van der Waals surface area contributed by atoms with Gasteiger partial charge < -0.3 is 20.0 Å². The molecule has 0 saturated carbocycles. The minimum atomic E-state index is -0.616. The molecule has 0 unspecified atom stereocenters. The number of nitrogens with one attached hydrogen (secondary N) is 4. The third-order valence-electron chi connectivity index (χ3n) is 4.52. The number of amides is 1. The number of nitrogens with zero attached hydrogens (tertiary/aromatic N) is 1. The molecule has 4 rings (SSSR count). The molecular formula is C21H18FN5O4. The SMILES string of the molecule is O=C(NCCCOc1ccc(-c2cc3[nH]c(=O)[nH]c(=O)c3[nH]2)cc1F)c1ccccn1. The van der Waals surface area contributed by atoms with Gasteiger partial charge in [0.15, 0.2) is 11.6 Å². The Labute approximate surface area is 174 Å². The molecule has 4 aromatic rings. The third kappa shape index (κ3) is 4.53. The van der Waals surface area contributed by atoms with E-state index in [0.29, 0.717) is 35.4 Å². The highest BCUT2D eigenvalue weighted by molar-refractivity contribution is 5.92. The van der Waals surface area contributed by atoms with Crippen LogP contribution in [0.15, 0.2) is 58.3 Å². The van der Waals surface area contributed by atoms with Crippen LogP contribution >= 0.6 is 0 Å². The summed E-state index contributed by atoms with van der Waals surface area (Å²) in [6.45, 7) is 0.568. The average Bonchev–Trinajstić information content (AvgIpc) is 3.19. The van der Waals surface area contributed by atoms with E-state index in [9.17, 15) is 18.8 Å². The van der Waals surface area contributed by atoms with Crippen molar-refractivity contribution in [3.8, 4) is 17.0 Å². The summed E-state index contributed by atoms with van der Waals surface area (Å²) in [5, 5.41) is 2.72. The van der Waals surface area contributed by atoms with Gasteiger partial charge in [0, 0.05) is 24.0 Å². The number of hydrogen-bond donors (Lipinski definition) is 4. The second kappa shape index (κ2) is 8.66. The molecule has 4 N–H and O–H groups in total. The molecule has 3 aromatic heterocycles. The fraction of sp³-hybridized carbons (Fsp3) is 0.143. The van der Waals surface area contributed by atoms with Gasteiger partial charge in [-0.15, -0.1) is 0 Å². The summed E-state index contributed by atoms with van der Waals surface area (Å²) in [5.74, 6) is -0.784. The molecular weight excluding hydrogens is 405 g/mol. The topological polar surface area (TPSA) is 133 Å². The summed E-state index contributed by atoms with van der Waals surface area (Å²) < 4.78 is 19.9. The van der Waals surface area contributed by atoms with Gasteiger partial charge in [-0.25, -0.2) is 9.18 Å². The molecule has 158 valence electrons. The number of ether oxygens (including phenoxy) is 1. The average molecular weight is 423 g/mol. The second-order valence-corrected chi connectivity index (χ2v) is 6.70. The molecule has 0 aliphatic heterocycles. The third-order valence-corrected chi connectivity index (χ3v) is 4.52. The van der Waals surface area contributed by atoms with Crippen molar-refractivity contribution in [2.75, 3.05) is 13.2 Å². The number of pyridine rings is 1. The highest BCUT2D eigenvalue weighted by atomic mass is 19.1. The highest BCUT2D eigenvalue weighted by Gasteiger charge is 2.11. The van der Waals surface area contributed by atoms with Gasteiger partial charge in [0.2, 0.25) is 0 Å². The first-order valence-corrected chi connectivity index (χ1v) is 9.48. The van der Waals surface area contributed by atoms with Crippen LogP contribution in [0.3, 0.4) is 0 Å². The number of fused-ring (bicyclic) bond motifs is 1. The number of aromatic nitrogens is 4. The molecule has 0 aliphatic rings. The molecule has 1 amide bonds. The standard InChI is InChI=1S/C21H18FN5O4/c22-13-10-12(15-11-16-18(25-15)20(29)27-21(30)26-16)5-6-17(13)31-9-3-8-24-19(28)14-4-1-2-7-23-14/h1-2,4-7,10-11,25H,3,8-9H2,(H,24,28)(H2,26,27,29,30).